The fourth-order valence-corrected chi connectivity index (χ4v) is 4.22. The van der Waals surface area contributed by atoms with E-state index in [0.29, 0.717) is 5.02 Å². The Balaban J connectivity index is 1.51. The van der Waals surface area contributed by atoms with Gasteiger partial charge in [-0.15, -0.1) is 0 Å². The van der Waals surface area contributed by atoms with Gasteiger partial charge in [0.15, 0.2) is 9.84 Å². The molecule has 0 spiro atoms. The Morgan fingerprint density at radius 3 is 2.24 bits per heavy atom. The predicted octanol–water partition coefficient (Wildman–Crippen LogP) is 3.05. The maximum absolute atomic E-state index is 12.2. The standard InChI is InChI=1S/C21H19ClN2O4S/c22-17-8-10-18(11-9-17)29(27,28)13-12-20(25)23-24-21(26)14-16-6-3-5-15-4-1-2-7-19(15)16/h1-11H,12-14H2,(H,23,25)(H,24,26). The summed E-state index contributed by atoms with van der Waals surface area (Å²) >= 11 is 5.75. The molecular weight excluding hydrogens is 412 g/mol. The molecule has 0 radical (unpaired) electrons. The molecule has 0 unspecified atom stereocenters. The Morgan fingerprint density at radius 1 is 0.828 bits per heavy atom. The van der Waals surface area contributed by atoms with E-state index in [1.807, 2.05) is 42.5 Å². The molecule has 3 rings (SSSR count). The highest BCUT2D eigenvalue weighted by atomic mass is 35.5. The summed E-state index contributed by atoms with van der Waals surface area (Å²) in [5, 5.41) is 2.41. The molecule has 0 saturated carbocycles. The van der Waals surface area contributed by atoms with Gasteiger partial charge in [-0.25, -0.2) is 8.42 Å². The van der Waals surface area contributed by atoms with Crippen LogP contribution in [0.2, 0.25) is 5.02 Å². The van der Waals surface area contributed by atoms with Crippen molar-refractivity contribution in [1.82, 2.24) is 10.9 Å². The molecule has 3 aromatic carbocycles. The largest absolute Gasteiger partial charge is 0.273 e. The lowest BCUT2D eigenvalue weighted by Gasteiger charge is -2.09. The maximum Gasteiger partial charge on any atom is 0.242 e. The molecule has 2 amide bonds. The monoisotopic (exact) mass is 430 g/mol. The molecule has 150 valence electrons. The number of rotatable bonds is 6. The molecule has 0 fully saturated rings. The molecule has 0 aromatic heterocycles. The first-order valence-electron chi connectivity index (χ1n) is 8.88. The summed E-state index contributed by atoms with van der Waals surface area (Å²) in [6.45, 7) is 0. The van der Waals surface area contributed by atoms with Crippen LogP contribution in [0.5, 0.6) is 0 Å². The number of halogens is 1. The lowest BCUT2D eigenvalue weighted by molar-refractivity contribution is -0.128. The van der Waals surface area contributed by atoms with Crippen LogP contribution < -0.4 is 10.9 Å². The predicted molar refractivity (Wildman–Crippen MR) is 112 cm³/mol. The second-order valence-corrected chi connectivity index (χ2v) is 8.98. The Kier molecular flexibility index (Phi) is 6.51. The van der Waals surface area contributed by atoms with E-state index in [-0.39, 0.29) is 23.5 Å². The number of carbonyl (C=O) groups excluding carboxylic acids is 2. The Hall–Kier alpha value is -2.90. The van der Waals surface area contributed by atoms with Gasteiger partial charge in [0.1, 0.15) is 0 Å². The number of amides is 2. The summed E-state index contributed by atoms with van der Waals surface area (Å²) < 4.78 is 24.5. The van der Waals surface area contributed by atoms with Crippen molar-refractivity contribution in [3.05, 3.63) is 77.3 Å². The quantitative estimate of drug-likeness (QED) is 0.588. The van der Waals surface area contributed by atoms with Gasteiger partial charge >= 0.3 is 0 Å². The van der Waals surface area contributed by atoms with E-state index in [1.165, 1.54) is 24.3 Å². The maximum atomic E-state index is 12.2. The summed E-state index contributed by atoms with van der Waals surface area (Å²) in [5.41, 5.74) is 5.42. The van der Waals surface area contributed by atoms with Crippen LogP contribution in [0, 0.1) is 0 Å². The molecule has 0 aliphatic carbocycles. The van der Waals surface area contributed by atoms with E-state index in [4.69, 9.17) is 11.6 Å². The van der Waals surface area contributed by atoms with Crippen LogP contribution in [0.4, 0.5) is 0 Å². The van der Waals surface area contributed by atoms with Gasteiger partial charge in [0.05, 0.1) is 17.1 Å². The van der Waals surface area contributed by atoms with Crippen LogP contribution in [0.25, 0.3) is 10.8 Å². The van der Waals surface area contributed by atoms with Crippen molar-refractivity contribution in [2.45, 2.75) is 17.7 Å². The van der Waals surface area contributed by atoms with Gasteiger partial charge in [0, 0.05) is 11.4 Å². The number of hydrazine groups is 1. The summed E-state index contributed by atoms with van der Waals surface area (Å²) in [6, 6.07) is 19.1. The lowest BCUT2D eigenvalue weighted by atomic mass is 10.0. The smallest absolute Gasteiger partial charge is 0.242 e. The lowest BCUT2D eigenvalue weighted by Crippen LogP contribution is -2.42. The Bertz CT molecular complexity index is 1140. The van der Waals surface area contributed by atoms with Crippen LogP contribution in [0.15, 0.2) is 71.6 Å². The minimum absolute atomic E-state index is 0.0880. The van der Waals surface area contributed by atoms with Crippen LogP contribution in [-0.4, -0.2) is 26.0 Å². The highest BCUT2D eigenvalue weighted by Gasteiger charge is 2.17. The molecule has 0 saturated heterocycles. The van der Waals surface area contributed by atoms with Crippen molar-refractivity contribution < 1.29 is 18.0 Å². The minimum atomic E-state index is -3.62. The fourth-order valence-electron chi connectivity index (χ4n) is 2.85. The highest BCUT2D eigenvalue weighted by molar-refractivity contribution is 7.91. The van der Waals surface area contributed by atoms with Crippen LogP contribution in [0.1, 0.15) is 12.0 Å². The molecule has 6 nitrogen and oxygen atoms in total. The number of benzene rings is 3. The first-order chi connectivity index (χ1) is 13.8. The Labute approximate surface area is 173 Å². The van der Waals surface area contributed by atoms with Crippen molar-refractivity contribution in [2.75, 3.05) is 5.75 Å². The molecule has 0 bridgehead atoms. The third-order valence-corrected chi connectivity index (χ3v) is 6.33. The number of hydrogen-bond donors (Lipinski definition) is 2. The second-order valence-electron chi connectivity index (χ2n) is 6.43. The Morgan fingerprint density at radius 2 is 1.48 bits per heavy atom. The molecule has 0 aliphatic heterocycles. The number of fused-ring (bicyclic) bond motifs is 1. The zero-order valence-electron chi connectivity index (χ0n) is 15.4. The second kappa shape index (κ2) is 9.07. The summed E-state index contributed by atoms with van der Waals surface area (Å²) in [5.74, 6) is -1.36. The van der Waals surface area contributed by atoms with E-state index in [1.54, 1.807) is 0 Å². The average molecular weight is 431 g/mol. The summed E-state index contributed by atoms with van der Waals surface area (Å²) in [7, 11) is -3.62. The van der Waals surface area contributed by atoms with Crippen molar-refractivity contribution in [1.29, 1.82) is 0 Å². The van der Waals surface area contributed by atoms with Gasteiger partial charge in [0.25, 0.3) is 0 Å². The number of sulfone groups is 1. The van der Waals surface area contributed by atoms with Crippen molar-refractivity contribution in [3.8, 4) is 0 Å². The first-order valence-corrected chi connectivity index (χ1v) is 10.9. The van der Waals surface area contributed by atoms with Gasteiger partial charge in [-0.1, -0.05) is 54.1 Å². The van der Waals surface area contributed by atoms with Gasteiger partial charge < -0.3 is 0 Å². The van der Waals surface area contributed by atoms with Crippen molar-refractivity contribution >= 4 is 44.0 Å². The van der Waals surface area contributed by atoms with Gasteiger partial charge in [-0.2, -0.15) is 0 Å². The zero-order chi connectivity index (χ0) is 20.9. The highest BCUT2D eigenvalue weighted by Crippen LogP contribution is 2.19. The molecule has 0 atom stereocenters. The third kappa shape index (κ3) is 5.56. The molecular formula is C21H19ClN2O4S. The minimum Gasteiger partial charge on any atom is -0.273 e. The van der Waals surface area contributed by atoms with Crippen molar-refractivity contribution in [3.63, 3.8) is 0 Å². The normalized spacial score (nSPS) is 11.2. The summed E-state index contributed by atoms with van der Waals surface area (Å²) in [4.78, 5) is 24.2. The molecule has 2 N–H and O–H groups in total. The number of nitrogens with one attached hydrogen (secondary N) is 2. The van der Waals surface area contributed by atoms with Crippen LogP contribution >= 0.6 is 11.6 Å². The van der Waals surface area contributed by atoms with Crippen LogP contribution in [0.3, 0.4) is 0 Å². The molecule has 0 aliphatic rings. The van der Waals surface area contributed by atoms with Gasteiger partial charge in [0.2, 0.25) is 11.8 Å². The first kappa shape index (κ1) is 20.8. The third-order valence-electron chi connectivity index (χ3n) is 4.34. The van der Waals surface area contributed by atoms with E-state index >= 15 is 0 Å². The van der Waals surface area contributed by atoms with Gasteiger partial charge in [-0.3, -0.25) is 20.4 Å². The molecule has 29 heavy (non-hydrogen) atoms. The summed E-state index contributed by atoms with van der Waals surface area (Å²) in [6.07, 6.45) is -0.190. The van der Waals surface area contributed by atoms with E-state index in [0.717, 1.165) is 16.3 Å². The fraction of sp³-hybridized carbons (Fsp3) is 0.143. The average Bonchev–Trinajstić information content (AvgIpc) is 2.71. The molecule has 3 aromatic rings. The van der Waals surface area contributed by atoms with Crippen molar-refractivity contribution in [2.24, 2.45) is 0 Å². The molecule has 8 heteroatoms. The SMILES string of the molecule is O=C(CCS(=O)(=O)c1ccc(Cl)cc1)NNC(=O)Cc1cccc2ccccc12. The molecule has 0 heterocycles. The van der Waals surface area contributed by atoms with Crippen LogP contribution in [-0.2, 0) is 25.8 Å². The van der Waals surface area contributed by atoms with Gasteiger partial charge in [-0.05, 0) is 40.6 Å². The van der Waals surface area contributed by atoms with E-state index < -0.39 is 21.7 Å². The zero-order valence-corrected chi connectivity index (χ0v) is 17.0. The topological polar surface area (TPSA) is 92.3 Å². The number of carbonyl (C=O) groups is 2. The van der Waals surface area contributed by atoms with E-state index in [9.17, 15) is 18.0 Å². The number of hydrogen-bond acceptors (Lipinski definition) is 4. The van der Waals surface area contributed by atoms with E-state index in [2.05, 4.69) is 10.9 Å².